The van der Waals surface area contributed by atoms with Crippen molar-refractivity contribution in [3.63, 3.8) is 0 Å². The average molecular weight is 572 g/mol. The summed E-state index contributed by atoms with van der Waals surface area (Å²) in [4.78, 5) is 28.0. The molecule has 0 unspecified atom stereocenters. The maximum absolute atomic E-state index is 13.1. The fourth-order valence-corrected chi connectivity index (χ4v) is 5.34. The number of ether oxygens (including phenoxy) is 1. The van der Waals surface area contributed by atoms with Crippen molar-refractivity contribution in [2.24, 2.45) is 0 Å². The summed E-state index contributed by atoms with van der Waals surface area (Å²) in [6, 6.07) is 9.04. The number of nitrogens with zero attached hydrogens (tertiary/aromatic N) is 1. The third-order valence-corrected chi connectivity index (χ3v) is 7.21. The maximum atomic E-state index is 13.1. The molecule has 3 atom stereocenters. The van der Waals surface area contributed by atoms with Crippen LogP contribution in [0.2, 0.25) is 5.02 Å². The summed E-state index contributed by atoms with van der Waals surface area (Å²) in [5.74, 6) is -1.14. The maximum Gasteiger partial charge on any atom is 0.323 e. The number of piperidine rings is 1. The van der Waals surface area contributed by atoms with Gasteiger partial charge in [-0.3, -0.25) is 9.59 Å². The van der Waals surface area contributed by atoms with Crippen molar-refractivity contribution < 1.29 is 24.2 Å². The van der Waals surface area contributed by atoms with Crippen LogP contribution in [-0.4, -0.2) is 59.9 Å². The highest BCUT2D eigenvalue weighted by Gasteiger charge is 2.38. The van der Waals surface area contributed by atoms with E-state index < -0.39 is 17.5 Å². The van der Waals surface area contributed by atoms with E-state index in [0.29, 0.717) is 35.7 Å². The number of hydrogen-bond acceptors (Lipinski definition) is 8. The molecule has 3 N–H and O–H groups in total. The molecule has 8 nitrogen and oxygen atoms in total. The van der Waals surface area contributed by atoms with E-state index in [1.165, 1.54) is 6.07 Å². The number of benzene rings is 2. The van der Waals surface area contributed by atoms with Gasteiger partial charge in [-0.05, 0) is 51.5 Å². The van der Waals surface area contributed by atoms with E-state index >= 15 is 0 Å². The minimum Gasteiger partial charge on any atom is -0.507 e. The normalized spacial score (nSPS) is 21.7. The number of likely N-dealkylation sites (tertiary alicyclic amines) is 1. The van der Waals surface area contributed by atoms with E-state index in [1.807, 2.05) is 7.05 Å². The van der Waals surface area contributed by atoms with Crippen LogP contribution in [0.25, 0.3) is 22.3 Å². The predicted molar refractivity (Wildman–Crippen MR) is 147 cm³/mol. The molecule has 11 heteroatoms. The fraction of sp³-hybridized carbons (Fsp3) is 0.385. The third kappa shape index (κ3) is 5.68. The largest absolute Gasteiger partial charge is 0.507 e. The second kappa shape index (κ2) is 11.9. The van der Waals surface area contributed by atoms with Crippen LogP contribution in [0, 0.1) is 0 Å². The molecule has 2 aliphatic rings. The highest BCUT2D eigenvalue weighted by molar-refractivity contribution is 6.33. The highest BCUT2D eigenvalue weighted by Crippen LogP contribution is 2.43. The molecule has 5 rings (SSSR count). The molecular weight excluding hydrogens is 543 g/mol. The standard InChI is InChI=1S/C26H27ClN2O6.2ClH/c1-29-10-8-15(22(13-29)35-26(33)17-7-4-9-28-17)23-18(30)11-19(31)24-20(32)12-21(34-25(23)24)14-5-2-3-6-16(14)27;;/h2-3,5-6,11-12,15,17,22,28,30-31H,4,7-10,13H2,1H3;2*1H/t15-,17-,22+;;/m0../s1. The van der Waals surface area contributed by atoms with Crippen molar-refractivity contribution in [2.45, 2.75) is 37.3 Å². The number of nitrogens with one attached hydrogen (secondary N) is 1. The first kappa shape index (κ1) is 29.1. The molecule has 0 radical (unpaired) electrons. The SMILES string of the molecule is CN1CC[C@H](c2c(O)cc(O)c3c(=O)cc(-c4ccccc4Cl)oc23)[C@H](OC(=O)[C@@H]2CCCN2)C1.Cl.Cl. The van der Waals surface area contributed by atoms with Gasteiger partial charge in [0.05, 0.1) is 5.02 Å². The molecule has 2 aromatic carbocycles. The first-order chi connectivity index (χ1) is 16.8. The Morgan fingerprint density at radius 2 is 1.92 bits per heavy atom. The van der Waals surface area contributed by atoms with Gasteiger partial charge in [0.15, 0.2) is 5.43 Å². The topological polar surface area (TPSA) is 112 Å². The summed E-state index contributed by atoms with van der Waals surface area (Å²) in [7, 11) is 1.94. The predicted octanol–water partition coefficient (Wildman–Crippen LogP) is 4.45. The van der Waals surface area contributed by atoms with E-state index in [1.54, 1.807) is 24.3 Å². The van der Waals surface area contributed by atoms with E-state index in [2.05, 4.69) is 10.2 Å². The number of fused-ring (bicyclic) bond motifs is 1. The molecule has 2 fully saturated rings. The van der Waals surface area contributed by atoms with Crippen LogP contribution in [0.5, 0.6) is 11.5 Å². The number of halogens is 3. The van der Waals surface area contributed by atoms with Crippen LogP contribution in [-0.2, 0) is 9.53 Å². The molecule has 200 valence electrons. The fourth-order valence-electron chi connectivity index (χ4n) is 5.11. The summed E-state index contributed by atoms with van der Waals surface area (Å²) in [5.41, 5.74) is 0.464. The van der Waals surface area contributed by atoms with E-state index in [4.69, 9.17) is 20.8 Å². The van der Waals surface area contributed by atoms with Crippen LogP contribution >= 0.6 is 36.4 Å². The zero-order valence-corrected chi connectivity index (χ0v) is 22.5. The Morgan fingerprint density at radius 1 is 1.16 bits per heavy atom. The summed E-state index contributed by atoms with van der Waals surface area (Å²) < 4.78 is 12.1. The molecule has 3 aromatic rings. The van der Waals surface area contributed by atoms with Crippen LogP contribution in [0.15, 0.2) is 45.6 Å². The summed E-state index contributed by atoms with van der Waals surface area (Å²) in [6.45, 7) is 1.92. The number of hydrogen-bond donors (Lipinski definition) is 3. The molecule has 0 aliphatic carbocycles. The number of carbonyl (C=O) groups excluding carboxylic acids is 1. The van der Waals surface area contributed by atoms with Crippen molar-refractivity contribution in [1.29, 1.82) is 0 Å². The number of esters is 1. The molecule has 0 bridgehead atoms. The second-order valence-electron chi connectivity index (χ2n) is 9.27. The number of rotatable bonds is 4. The van der Waals surface area contributed by atoms with Gasteiger partial charge in [0, 0.05) is 35.7 Å². The molecule has 2 aliphatic heterocycles. The molecule has 0 amide bonds. The quantitative estimate of drug-likeness (QED) is 0.394. The van der Waals surface area contributed by atoms with E-state index in [-0.39, 0.29) is 65.1 Å². The van der Waals surface area contributed by atoms with Gasteiger partial charge in [-0.1, -0.05) is 23.7 Å². The molecule has 0 spiro atoms. The first-order valence-corrected chi connectivity index (χ1v) is 12.1. The zero-order chi connectivity index (χ0) is 24.7. The van der Waals surface area contributed by atoms with Crippen molar-refractivity contribution in [3.05, 3.63) is 57.2 Å². The lowest BCUT2D eigenvalue weighted by Crippen LogP contribution is -2.45. The van der Waals surface area contributed by atoms with Crippen LogP contribution in [0.3, 0.4) is 0 Å². The van der Waals surface area contributed by atoms with E-state index in [9.17, 15) is 19.8 Å². The lowest BCUT2D eigenvalue weighted by atomic mass is 9.85. The Balaban J connectivity index is 0.00000190. The van der Waals surface area contributed by atoms with Crippen molar-refractivity contribution in [3.8, 4) is 22.8 Å². The van der Waals surface area contributed by atoms with Crippen LogP contribution in [0.4, 0.5) is 0 Å². The second-order valence-corrected chi connectivity index (χ2v) is 9.68. The van der Waals surface area contributed by atoms with Crippen molar-refractivity contribution >= 4 is 53.4 Å². The van der Waals surface area contributed by atoms with Gasteiger partial charge < -0.3 is 29.6 Å². The van der Waals surface area contributed by atoms with Gasteiger partial charge in [-0.2, -0.15) is 0 Å². The van der Waals surface area contributed by atoms with E-state index in [0.717, 1.165) is 25.5 Å². The van der Waals surface area contributed by atoms with Gasteiger partial charge in [-0.15, -0.1) is 24.8 Å². The molecule has 3 heterocycles. The molecule has 2 saturated heterocycles. The number of aromatic hydroxyl groups is 2. The lowest BCUT2D eigenvalue weighted by molar-refractivity contribution is -0.154. The minimum absolute atomic E-state index is 0. The number of phenolic OH excluding ortho intramolecular Hbond substituents is 2. The Bertz CT molecular complexity index is 1340. The van der Waals surface area contributed by atoms with Gasteiger partial charge >= 0.3 is 5.97 Å². The Hall–Kier alpha value is -2.49. The van der Waals surface area contributed by atoms with Crippen LogP contribution in [0.1, 0.15) is 30.7 Å². The highest BCUT2D eigenvalue weighted by atomic mass is 35.5. The summed E-state index contributed by atoms with van der Waals surface area (Å²) in [5, 5.41) is 25.0. The Morgan fingerprint density at radius 3 is 2.62 bits per heavy atom. The lowest BCUT2D eigenvalue weighted by Gasteiger charge is -2.37. The molecule has 37 heavy (non-hydrogen) atoms. The third-order valence-electron chi connectivity index (χ3n) is 6.88. The summed E-state index contributed by atoms with van der Waals surface area (Å²) in [6.07, 6.45) is 1.61. The van der Waals surface area contributed by atoms with Crippen molar-refractivity contribution in [1.82, 2.24) is 10.2 Å². The minimum atomic E-state index is -0.573. The molecule has 1 aromatic heterocycles. The van der Waals surface area contributed by atoms with Gasteiger partial charge in [-0.25, -0.2) is 0 Å². The monoisotopic (exact) mass is 570 g/mol. The summed E-state index contributed by atoms with van der Waals surface area (Å²) >= 11 is 6.34. The molecular formula is C26H29Cl3N2O6. The number of carbonyl (C=O) groups is 1. The van der Waals surface area contributed by atoms with Gasteiger partial charge in [0.25, 0.3) is 0 Å². The smallest absolute Gasteiger partial charge is 0.323 e. The zero-order valence-electron chi connectivity index (χ0n) is 20.1. The van der Waals surface area contributed by atoms with Gasteiger partial charge in [0.1, 0.15) is 40.4 Å². The van der Waals surface area contributed by atoms with Crippen molar-refractivity contribution in [2.75, 3.05) is 26.7 Å². The molecule has 0 saturated carbocycles. The Kier molecular flexibility index (Phi) is 9.37. The van der Waals surface area contributed by atoms with Gasteiger partial charge in [0.2, 0.25) is 0 Å². The van der Waals surface area contributed by atoms with Crippen LogP contribution < -0.4 is 10.7 Å². The number of likely N-dealkylation sites (N-methyl/N-ethyl adjacent to an activating group) is 1. The Labute approximate surface area is 231 Å². The average Bonchev–Trinajstić information content (AvgIpc) is 3.35. The first-order valence-electron chi connectivity index (χ1n) is 11.7. The number of phenols is 2.